The van der Waals surface area contributed by atoms with Gasteiger partial charge in [-0.05, 0) is 84.8 Å². The summed E-state index contributed by atoms with van der Waals surface area (Å²) >= 11 is 1.36. The van der Waals surface area contributed by atoms with E-state index in [1.54, 1.807) is 84.9 Å². The van der Waals surface area contributed by atoms with Crippen LogP contribution in [0.5, 0.6) is 17.2 Å². The molecule has 0 heterocycles. The van der Waals surface area contributed by atoms with Crippen LogP contribution in [0.15, 0.2) is 102 Å². The summed E-state index contributed by atoms with van der Waals surface area (Å²) in [5.74, 6) is -0.275. The van der Waals surface area contributed by atoms with E-state index in [1.807, 2.05) is 13.0 Å². The first-order valence-electron chi connectivity index (χ1n) is 15.3. The highest BCUT2D eigenvalue weighted by atomic mass is 32.2. The smallest absolute Gasteiger partial charge is 0.272 e. The molecule has 0 bridgehead atoms. The molecule has 11 nitrogen and oxygen atoms in total. The van der Waals surface area contributed by atoms with E-state index in [2.05, 4.69) is 21.3 Å². The summed E-state index contributed by atoms with van der Waals surface area (Å²) in [6.45, 7) is 3.34. The maximum Gasteiger partial charge on any atom is 0.272 e. The Morgan fingerprint density at radius 3 is 1.94 bits per heavy atom. The van der Waals surface area contributed by atoms with E-state index in [4.69, 9.17) is 14.2 Å². The van der Waals surface area contributed by atoms with Gasteiger partial charge in [0.1, 0.15) is 5.70 Å². The van der Waals surface area contributed by atoms with Crippen molar-refractivity contribution in [1.82, 2.24) is 5.32 Å². The number of amides is 4. The quantitative estimate of drug-likeness (QED) is 0.0862. The van der Waals surface area contributed by atoms with Crippen molar-refractivity contribution in [2.45, 2.75) is 30.4 Å². The molecule has 4 rings (SSSR count). The van der Waals surface area contributed by atoms with Crippen molar-refractivity contribution >= 4 is 58.5 Å². The third kappa shape index (κ3) is 10.1. The molecule has 4 N–H and O–H groups in total. The second-order valence-corrected chi connectivity index (χ2v) is 11.9. The van der Waals surface area contributed by atoms with Gasteiger partial charge in [0, 0.05) is 34.4 Å². The van der Waals surface area contributed by atoms with Crippen LogP contribution in [0.4, 0.5) is 17.1 Å². The molecule has 4 aromatic carbocycles. The van der Waals surface area contributed by atoms with Gasteiger partial charge in [-0.15, -0.1) is 11.8 Å². The van der Waals surface area contributed by atoms with Crippen LogP contribution in [0.2, 0.25) is 0 Å². The third-order valence-electron chi connectivity index (χ3n) is 7.03. The summed E-state index contributed by atoms with van der Waals surface area (Å²) in [5, 5.41) is 10.8. The molecule has 0 aromatic heterocycles. The Morgan fingerprint density at radius 2 is 1.37 bits per heavy atom. The van der Waals surface area contributed by atoms with Gasteiger partial charge in [-0.3, -0.25) is 19.2 Å². The van der Waals surface area contributed by atoms with E-state index in [0.717, 1.165) is 4.90 Å². The highest BCUT2D eigenvalue weighted by Crippen LogP contribution is 2.38. The summed E-state index contributed by atoms with van der Waals surface area (Å²) in [4.78, 5) is 52.1. The van der Waals surface area contributed by atoms with E-state index in [9.17, 15) is 19.2 Å². The summed E-state index contributed by atoms with van der Waals surface area (Å²) in [6.07, 6.45) is 2.06. The monoisotopic (exact) mass is 682 g/mol. The molecule has 0 fully saturated rings. The standard InChI is InChI=1S/C37H38N4O7S/c1-6-33(37(45)39-27-17-15-26(16-18-27)38-23(2)42)49-29-14-10-13-28(22-29)40-36(44)30(41-35(43)25-11-8-7-9-12-25)19-24-20-31(46-3)34(48-5)32(21-24)47-4/h7-22,33H,6H2,1-5H3,(H,38,42)(H,39,45)(H,40,44)(H,41,43)/b30-19+. The van der Waals surface area contributed by atoms with Crippen molar-refractivity contribution in [3.8, 4) is 17.2 Å². The van der Waals surface area contributed by atoms with Crippen LogP contribution in [0.3, 0.4) is 0 Å². The molecule has 0 saturated carbocycles. The fourth-order valence-corrected chi connectivity index (χ4v) is 5.70. The number of thioether (sulfide) groups is 1. The van der Waals surface area contributed by atoms with Crippen LogP contribution in [0.1, 0.15) is 36.2 Å². The van der Waals surface area contributed by atoms with E-state index in [0.29, 0.717) is 51.9 Å². The molecule has 1 unspecified atom stereocenters. The number of hydrogen-bond donors (Lipinski definition) is 4. The third-order valence-corrected chi connectivity index (χ3v) is 8.39. The number of rotatable bonds is 14. The van der Waals surface area contributed by atoms with Crippen LogP contribution in [-0.2, 0) is 14.4 Å². The van der Waals surface area contributed by atoms with E-state index >= 15 is 0 Å². The van der Waals surface area contributed by atoms with Crippen molar-refractivity contribution in [3.63, 3.8) is 0 Å². The number of benzene rings is 4. The Bertz CT molecular complexity index is 1800. The molecular weight excluding hydrogens is 644 g/mol. The SMILES string of the molecule is CCC(Sc1cccc(NC(=O)/C(=C\c2cc(OC)c(OC)c(OC)c2)NC(=O)c2ccccc2)c1)C(=O)Nc1ccc(NC(C)=O)cc1. The molecule has 0 aliphatic carbocycles. The predicted molar refractivity (Wildman–Crippen MR) is 192 cm³/mol. The first kappa shape index (κ1) is 36.1. The zero-order valence-electron chi connectivity index (χ0n) is 27.8. The summed E-state index contributed by atoms with van der Waals surface area (Å²) < 4.78 is 16.3. The number of methoxy groups -OCH3 is 3. The molecule has 49 heavy (non-hydrogen) atoms. The highest BCUT2D eigenvalue weighted by molar-refractivity contribution is 8.00. The van der Waals surface area contributed by atoms with E-state index in [1.165, 1.54) is 46.1 Å². The van der Waals surface area contributed by atoms with Gasteiger partial charge < -0.3 is 35.5 Å². The summed E-state index contributed by atoms with van der Waals surface area (Å²) in [6, 6.07) is 25.8. The zero-order valence-corrected chi connectivity index (χ0v) is 28.6. The molecule has 0 radical (unpaired) electrons. The molecule has 1 atom stereocenters. The molecule has 254 valence electrons. The minimum atomic E-state index is -0.576. The molecule has 0 spiro atoms. The number of hydrogen-bond acceptors (Lipinski definition) is 8. The Kier molecular flexibility index (Phi) is 12.8. The predicted octanol–water partition coefficient (Wildman–Crippen LogP) is 6.59. The second-order valence-electron chi connectivity index (χ2n) is 10.6. The zero-order chi connectivity index (χ0) is 35.3. The van der Waals surface area contributed by atoms with Gasteiger partial charge in [-0.1, -0.05) is 31.2 Å². The molecule has 4 aromatic rings. The molecule has 0 aliphatic heterocycles. The van der Waals surface area contributed by atoms with E-state index < -0.39 is 17.1 Å². The van der Waals surface area contributed by atoms with Crippen LogP contribution in [0.25, 0.3) is 6.08 Å². The molecule has 0 aliphatic rings. The largest absolute Gasteiger partial charge is 0.493 e. The molecule has 12 heteroatoms. The van der Waals surface area contributed by atoms with Gasteiger partial charge in [-0.25, -0.2) is 0 Å². The Labute approximate surface area is 289 Å². The topological polar surface area (TPSA) is 144 Å². The van der Waals surface area contributed by atoms with E-state index in [-0.39, 0.29) is 17.5 Å². The highest BCUT2D eigenvalue weighted by Gasteiger charge is 2.20. The summed E-state index contributed by atoms with van der Waals surface area (Å²) in [7, 11) is 4.46. The van der Waals surface area contributed by atoms with Crippen LogP contribution < -0.4 is 35.5 Å². The van der Waals surface area contributed by atoms with Gasteiger partial charge in [0.05, 0.1) is 26.6 Å². The fraction of sp³-hybridized carbons (Fsp3) is 0.189. The van der Waals surface area contributed by atoms with Gasteiger partial charge in [-0.2, -0.15) is 0 Å². The van der Waals surface area contributed by atoms with Crippen LogP contribution in [-0.4, -0.2) is 50.2 Å². The van der Waals surface area contributed by atoms with Gasteiger partial charge in [0.15, 0.2) is 11.5 Å². The number of carbonyl (C=O) groups is 4. The van der Waals surface area contributed by atoms with Crippen molar-refractivity contribution in [2.75, 3.05) is 37.3 Å². The van der Waals surface area contributed by atoms with Crippen molar-refractivity contribution in [2.24, 2.45) is 0 Å². The normalized spacial score (nSPS) is 11.5. The van der Waals surface area contributed by atoms with Crippen LogP contribution >= 0.6 is 11.8 Å². The first-order chi connectivity index (χ1) is 23.6. The Hall–Kier alpha value is -5.75. The first-order valence-corrected chi connectivity index (χ1v) is 16.2. The fourth-order valence-electron chi connectivity index (χ4n) is 4.69. The van der Waals surface area contributed by atoms with Gasteiger partial charge in [0.2, 0.25) is 17.6 Å². The lowest BCUT2D eigenvalue weighted by molar-refractivity contribution is -0.116. The Balaban J connectivity index is 1.54. The van der Waals surface area contributed by atoms with Crippen molar-refractivity contribution in [3.05, 3.63) is 108 Å². The molecule has 0 saturated heterocycles. The number of nitrogens with one attached hydrogen (secondary N) is 4. The van der Waals surface area contributed by atoms with Crippen molar-refractivity contribution < 1.29 is 33.4 Å². The second kappa shape index (κ2) is 17.4. The number of anilines is 3. The lowest BCUT2D eigenvalue weighted by Crippen LogP contribution is -2.30. The molecule has 4 amide bonds. The lowest BCUT2D eigenvalue weighted by Gasteiger charge is -2.16. The minimum absolute atomic E-state index is 0.0310. The Morgan fingerprint density at radius 1 is 0.735 bits per heavy atom. The lowest BCUT2D eigenvalue weighted by atomic mass is 10.1. The summed E-state index contributed by atoms with van der Waals surface area (Å²) in [5.41, 5.74) is 2.55. The van der Waals surface area contributed by atoms with Crippen molar-refractivity contribution in [1.29, 1.82) is 0 Å². The average molecular weight is 683 g/mol. The van der Waals surface area contributed by atoms with Gasteiger partial charge in [0.25, 0.3) is 11.8 Å². The minimum Gasteiger partial charge on any atom is -0.493 e. The number of carbonyl (C=O) groups excluding carboxylic acids is 4. The molecular formula is C37H38N4O7S. The number of ether oxygens (including phenoxy) is 3. The van der Waals surface area contributed by atoms with Gasteiger partial charge >= 0.3 is 0 Å². The maximum atomic E-state index is 13.7. The van der Waals surface area contributed by atoms with Crippen LogP contribution in [0, 0.1) is 0 Å². The maximum absolute atomic E-state index is 13.7. The average Bonchev–Trinajstić information content (AvgIpc) is 3.10.